The lowest BCUT2D eigenvalue weighted by Crippen LogP contribution is -2.53. The number of hydrogen-bond donors (Lipinski definition) is 3. The van der Waals surface area contributed by atoms with E-state index in [1.54, 1.807) is 32.9 Å². The van der Waals surface area contributed by atoms with Crippen molar-refractivity contribution in [1.29, 1.82) is 0 Å². The first-order valence-electron chi connectivity index (χ1n) is 10.4. The van der Waals surface area contributed by atoms with Crippen LogP contribution < -0.4 is 10.6 Å². The standard InChI is InChI=1S/C22H31N3O7/c1-22(2,3)32-21(30)23-13-18(27)25-11-5-6-17(25)19(28)24-16(20(29)31-4)12-14-7-9-15(26)10-8-14/h7-10,16-17,26H,5-6,11-13H2,1-4H3,(H,23,30)(H,24,28)/t16-,17-/m0/s1. The highest BCUT2D eigenvalue weighted by Gasteiger charge is 2.36. The van der Waals surface area contributed by atoms with E-state index in [1.165, 1.54) is 24.1 Å². The van der Waals surface area contributed by atoms with Crippen molar-refractivity contribution in [1.82, 2.24) is 15.5 Å². The first kappa shape index (κ1) is 25.0. The number of likely N-dealkylation sites (tertiary alicyclic amines) is 1. The number of phenols is 1. The number of benzene rings is 1. The zero-order valence-corrected chi connectivity index (χ0v) is 18.8. The van der Waals surface area contributed by atoms with Crippen molar-refractivity contribution in [3.05, 3.63) is 29.8 Å². The van der Waals surface area contributed by atoms with Crippen molar-refractivity contribution in [2.24, 2.45) is 0 Å². The van der Waals surface area contributed by atoms with Gasteiger partial charge in [0.15, 0.2) is 0 Å². The number of rotatable bonds is 7. The molecule has 0 aliphatic carbocycles. The minimum Gasteiger partial charge on any atom is -0.508 e. The van der Waals surface area contributed by atoms with Crippen molar-refractivity contribution >= 4 is 23.9 Å². The third-order valence-corrected chi connectivity index (χ3v) is 4.84. The average molecular weight is 450 g/mol. The van der Waals surface area contributed by atoms with Crippen LogP contribution in [0.2, 0.25) is 0 Å². The van der Waals surface area contributed by atoms with Gasteiger partial charge in [-0.25, -0.2) is 9.59 Å². The molecule has 3 N–H and O–H groups in total. The minimum absolute atomic E-state index is 0.0903. The van der Waals surface area contributed by atoms with Crippen LogP contribution >= 0.6 is 0 Å². The highest BCUT2D eigenvalue weighted by Crippen LogP contribution is 2.18. The number of hydrogen-bond acceptors (Lipinski definition) is 7. The SMILES string of the molecule is COC(=O)[C@H](Cc1ccc(O)cc1)NC(=O)[C@@H]1CCCN1C(=O)CNC(=O)OC(C)(C)C. The van der Waals surface area contributed by atoms with Gasteiger partial charge >= 0.3 is 12.1 Å². The van der Waals surface area contributed by atoms with Crippen LogP contribution in [0.15, 0.2) is 24.3 Å². The van der Waals surface area contributed by atoms with Crippen molar-refractivity contribution in [3.8, 4) is 5.75 Å². The molecule has 0 aromatic heterocycles. The lowest BCUT2D eigenvalue weighted by Gasteiger charge is -2.26. The Bertz CT molecular complexity index is 833. The summed E-state index contributed by atoms with van der Waals surface area (Å²) in [5.41, 5.74) is 0.0308. The minimum atomic E-state index is -0.950. The van der Waals surface area contributed by atoms with Gasteiger partial charge in [0.2, 0.25) is 11.8 Å². The van der Waals surface area contributed by atoms with E-state index in [-0.39, 0.29) is 18.7 Å². The Morgan fingerprint density at radius 2 is 1.84 bits per heavy atom. The summed E-state index contributed by atoms with van der Waals surface area (Å²) in [7, 11) is 1.23. The summed E-state index contributed by atoms with van der Waals surface area (Å²) < 4.78 is 9.92. The van der Waals surface area contributed by atoms with E-state index in [0.29, 0.717) is 19.4 Å². The molecule has 32 heavy (non-hydrogen) atoms. The number of nitrogens with one attached hydrogen (secondary N) is 2. The Hall–Kier alpha value is -3.30. The fourth-order valence-corrected chi connectivity index (χ4v) is 3.37. The van der Waals surface area contributed by atoms with E-state index >= 15 is 0 Å². The second kappa shape index (κ2) is 10.8. The molecule has 0 saturated carbocycles. The number of aromatic hydroxyl groups is 1. The Labute approximate surface area is 187 Å². The molecule has 1 aromatic carbocycles. The quantitative estimate of drug-likeness (QED) is 0.531. The van der Waals surface area contributed by atoms with Crippen molar-refractivity contribution < 1.29 is 33.8 Å². The number of ether oxygens (including phenoxy) is 2. The zero-order chi connectivity index (χ0) is 23.9. The summed E-state index contributed by atoms with van der Waals surface area (Å²) in [6.45, 7) is 5.21. The predicted molar refractivity (Wildman–Crippen MR) is 115 cm³/mol. The number of amides is 3. The number of nitrogens with zero attached hydrogens (tertiary/aromatic N) is 1. The smallest absolute Gasteiger partial charge is 0.408 e. The maximum Gasteiger partial charge on any atom is 0.408 e. The van der Waals surface area contributed by atoms with E-state index < -0.39 is 41.6 Å². The van der Waals surface area contributed by atoms with Gasteiger partial charge in [-0.2, -0.15) is 0 Å². The normalized spacial score (nSPS) is 16.8. The molecule has 1 aromatic rings. The van der Waals surface area contributed by atoms with Gasteiger partial charge in [-0.05, 0) is 51.3 Å². The number of methoxy groups -OCH3 is 1. The van der Waals surface area contributed by atoms with Gasteiger partial charge in [0.25, 0.3) is 0 Å². The second-order valence-electron chi connectivity index (χ2n) is 8.56. The van der Waals surface area contributed by atoms with Crippen molar-refractivity contribution in [2.45, 2.75) is 57.7 Å². The summed E-state index contributed by atoms with van der Waals surface area (Å²) in [4.78, 5) is 50.9. The molecule has 1 heterocycles. The molecule has 1 saturated heterocycles. The molecule has 0 radical (unpaired) electrons. The van der Waals surface area contributed by atoms with Gasteiger partial charge in [-0.3, -0.25) is 9.59 Å². The summed E-state index contributed by atoms with van der Waals surface area (Å²) in [5, 5.41) is 14.5. The van der Waals surface area contributed by atoms with Crippen LogP contribution in [0.3, 0.4) is 0 Å². The van der Waals surface area contributed by atoms with Crippen molar-refractivity contribution in [2.75, 3.05) is 20.2 Å². The lowest BCUT2D eigenvalue weighted by atomic mass is 10.0. The maximum atomic E-state index is 12.9. The molecule has 10 nitrogen and oxygen atoms in total. The van der Waals surface area contributed by atoms with E-state index in [1.807, 2.05) is 0 Å². The van der Waals surface area contributed by atoms with E-state index in [4.69, 9.17) is 9.47 Å². The maximum absolute atomic E-state index is 12.9. The predicted octanol–water partition coefficient (Wildman–Crippen LogP) is 1.11. The molecular weight excluding hydrogens is 418 g/mol. The van der Waals surface area contributed by atoms with Crippen LogP contribution in [0.25, 0.3) is 0 Å². The van der Waals surface area contributed by atoms with Crippen molar-refractivity contribution in [3.63, 3.8) is 0 Å². The molecule has 0 bridgehead atoms. The van der Waals surface area contributed by atoms with E-state index in [9.17, 15) is 24.3 Å². The molecule has 0 unspecified atom stereocenters. The van der Waals surface area contributed by atoms with Gasteiger partial charge in [-0.15, -0.1) is 0 Å². The van der Waals surface area contributed by atoms with Gasteiger partial charge in [0.05, 0.1) is 7.11 Å². The van der Waals surface area contributed by atoms with Crippen LogP contribution in [-0.2, 0) is 30.3 Å². The molecule has 1 fully saturated rings. The van der Waals surface area contributed by atoms with Gasteiger partial charge in [0, 0.05) is 13.0 Å². The van der Waals surface area contributed by atoms with Crippen LogP contribution in [0.4, 0.5) is 4.79 Å². The molecular formula is C22H31N3O7. The summed E-state index contributed by atoms with van der Waals surface area (Å²) in [6.07, 6.45) is 0.513. The number of carbonyl (C=O) groups is 4. The molecule has 0 spiro atoms. The second-order valence-corrected chi connectivity index (χ2v) is 8.56. The topological polar surface area (TPSA) is 134 Å². The fourth-order valence-electron chi connectivity index (χ4n) is 3.37. The van der Waals surface area contributed by atoms with E-state index in [2.05, 4.69) is 10.6 Å². The average Bonchev–Trinajstić information content (AvgIpc) is 3.21. The molecule has 2 rings (SSSR count). The first-order chi connectivity index (χ1) is 15.0. The molecule has 10 heteroatoms. The number of alkyl carbamates (subject to hydrolysis) is 1. The molecule has 2 atom stereocenters. The van der Waals surface area contributed by atoms with Crippen LogP contribution in [-0.4, -0.2) is 71.8 Å². The van der Waals surface area contributed by atoms with E-state index in [0.717, 1.165) is 5.56 Å². The number of esters is 1. The first-order valence-corrected chi connectivity index (χ1v) is 10.4. The lowest BCUT2D eigenvalue weighted by molar-refractivity contribution is -0.146. The Morgan fingerprint density at radius 3 is 2.44 bits per heavy atom. The molecule has 1 aliphatic heterocycles. The zero-order valence-electron chi connectivity index (χ0n) is 18.8. The number of phenolic OH excluding ortho intramolecular Hbond substituents is 1. The van der Waals surface area contributed by atoms with Gasteiger partial charge in [0.1, 0.15) is 30.0 Å². The molecule has 3 amide bonds. The van der Waals surface area contributed by atoms with Crippen LogP contribution in [0.5, 0.6) is 5.75 Å². The summed E-state index contributed by atoms with van der Waals surface area (Å²) >= 11 is 0. The highest BCUT2D eigenvalue weighted by molar-refractivity contribution is 5.92. The third kappa shape index (κ3) is 7.44. The number of carbonyl (C=O) groups excluding carboxylic acids is 4. The monoisotopic (exact) mass is 449 g/mol. The summed E-state index contributed by atoms with van der Waals surface area (Å²) in [5.74, 6) is -1.41. The Balaban J connectivity index is 1.99. The third-order valence-electron chi connectivity index (χ3n) is 4.84. The molecule has 176 valence electrons. The van der Waals surface area contributed by atoms with Gasteiger partial charge < -0.3 is 30.1 Å². The van der Waals surface area contributed by atoms with Crippen LogP contribution in [0, 0.1) is 0 Å². The highest BCUT2D eigenvalue weighted by atomic mass is 16.6. The van der Waals surface area contributed by atoms with Gasteiger partial charge in [-0.1, -0.05) is 12.1 Å². The Morgan fingerprint density at radius 1 is 1.19 bits per heavy atom. The Kier molecular flexibility index (Phi) is 8.45. The fraction of sp³-hybridized carbons (Fsp3) is 0.545. The van der Waals surface area contributed by atoms with Crippen LogP contribution in [0.1, 0.15) is 39.2 Å². The molecule has 1 aliphatic rings. The largest absolute Gasteiger partial charge is 0.508 e. The summed E-state index contributed by atoms with van der Waals surface area (Å²) in [6, 6.07) is 4.56.